The maximum absolute atomic E-state index is 12.4. The van der Waals surface area contributed by atoms with Crippen LogP contribution in [0.4, 0.5) is 0 Å². The summed E-state index contributed by atoms with van der Waals surface area (Å²) in [5, 5.41) is 7.31. The summed E-state index contributed by atoms with van der Waals surface area (Å²) in [6.07, 6.45) is 2.47. The molecule has 0 aliphatic heterocycles. The second kappa shape index (κ2) is 6.18. The molecule has 114 valence electrons. The number of sulfonamides is 1. The summed E-state index contributed by atoms with van der Waals surface area (Å²) >= 11 is 3.12. The lowest BCUT2D eigenvalue weighted by Gasteiger charge is -2.04. The van der Waals surface area contributed by atoms with E-state index in [-0.39, 0.29) is 0 Å². The summed E-state index contributed by atoms with van der Waals surface area (Å²) in [7, 11) is -3.43. The van der Waals surface area contributed by atoms with E-state index in [2.05, 4.69) is 10.0 Å². The zero-order chi connectivity index (χ0) is 14.9. The van der Waals surface area contributed by atoms with Crippen LogP contribution in [0.25, 0.3) is 0 Å². The quantitative estimate of drug-likeness (QED) is 0.813. The van der Waals surface area contributed by atoms with Gasteiger partial charge in [-0.25, -0.2) is 13.1 Å². The molecule has 2 N–H and O–H groups in total. The maximum Gasteiger partial charge on any atom is 0.241 e. The number of nitrogens with one attached hydrogen (secondary N) is 2. The molecule has 2 heterocycles. The van der Waals surface area contributed by atoms with Crippen LogP contribution in [0, 0.1) is 6.92 Å². The van der Waals surface area contributed by atoms with Gasteiger partial charge in [0.05, 0.1) is 4.90 Å². The number of hydrogen-bond acceptors (Lipinski definition) is 5. The first-order chi connectivity index (χ1) is 10.0. The van der Waals surface area contributed by atoms with E-state index in [0.717, 1.165) is 21.9 Å². The highest BCUT2D eigenvalue weighted by Gasteiger charge is 2.22. The van der Waals surface area contributed by atoms with E-state index in [1.165, 1.54) is 12.8 Å². The van der Waals surface area contributed by atoms with Crippen molar-refractivity contribution in [3.63, 3.8) is 0 Å². The molecule has 4 nitrogen and oxygen atoms in total. The van der Waals surface area contributed by atoms with Gasteiger partial charge in [-0.1, -0.05) is 0 Å². The molecule has 1 fully saturated rings. The summed E-state index contributed by atoms with van der Waals surface area (Å²) < 4.78 is 27.5. The predicted molar refractivity (Wildman–Crippen MR) is 87.3 cm³/mol. The largest absolute Gasteiger partial charge is 0.309 e. The molecule has 0 saturated heterocycles. The van der Waals surface area contributed by atoms with Gasteiger partial charge in [-0.15, -0.1) is 11.3 Å². The molecule has 7 heteroatoms. The number of aryl methyl sites for hydroxylation is 1. The van der Waals surface area contributed by atoms with E-state index in [1.54, 1.807) is 28.7 Å². The monoisotopic (exact) mass is 342 g/mol. The number of rotatable bonds is 7. The predicted octanol–water partition coefficient (Wildman–Crippen LogP) is 2.85. The molecule has 2 aromatic heterocycles. The van der Waals surface area contributed by atoms with Crippen molar-refractivity contribution in [3.8, 4) is 0 Å². The third-order valence-corrected chi connectivity index (χ3v) is 6.84. The van der Waals surface area contributed by atoms with Crippen LogP contribution < -0.4 is 10.0 Å². The fourth-order valence-corrected chi connectivity index (χ4v) is 5.33. The molecule has 1 saturated carbocycles. The molecular formula is C14H18N2O2S3. The maximum atomic E-state index is 12.4. The molecule has 0 atom stereocenters. The van der Waals surface area contributed by atoms with Crippen molar-refractivity contribution >= 4 is 32.7 Å². The Hall–Kier alpha value is -0.730. The van der Waals surface area contributed by atoms with Crippen LogP contribution in [-0.2, 0) is 23.1 Å². The molecule has 0 aromatic carbocycles. The Morgan fingerprint density at radius 2 is 2.14 bits per heavy atom. The molecule has 0 unspecified atom stereocenters. The summed E-state index contributed by atoms with van der Waals surface area (Å²) in [6.45, 7) is 2.97. The van der Waals surface area contributed by atoms with Crippen molar-refractivity contribution in [2.75, 3.05) is 0 Å². The van der Waals surface area contributed by atoms with Gasteiger partial charge in [0.15, 0.2) is 0 Å². The average molecular weight is 343 g/mol. The molecule has 0 amide bonds. The Kier molecular flexibility index (Phi) is 4.46. The molecule has 3 rings (SSSR count). The Bertz CT molecular complexity index is 701. The Morgan fingerprint density at radius 3 is 2.81 bits per heavy atom. The molecule has 0 radical (unpaired) electrons. The minimum absolute atomic E-state index is 0.344. The zero-order valence-electron chi connectivity index (χ0n) is 11.8. The summed E-state index contributed by atoms with van der Waals surface area (Å²) in [5.74, 6) is 0. The van der Waals surface area contributed by atoms with E-state index >= 15 is 0 Å². The van der Waals surface area contributed by atoms with Gasteiger partial charge in [-0.05, 0) is 48.2 Å². The summed E-state index contributed by atoms with van der Waals surface area (Å²) in [6, 6.07) is 4.36. The van der Waals surface area contributed by atoms with Crippen molar-refractivity contribution in [1.29, 1.82) is 0 Å². The van der Waals surface area contributed by atoms with E-state index in [9.17, 15) is 8.42 Å². The Balaban J connectivity index is 1.68. The average Bonchev–Trinajstić information content (AvgIpc) is 2.97. The van der Waals surface area contributed by atoms with Crippen molar-refractivity contribution in [2.24, 2.45) is 0 Å². The fraction of sp³-hybridized carbons (Fsp3) is 0.429. The van der Waals surface area contributed by atoms with E-state index < -0.39 is 10.0 Å². The van der Waals surface area contributed by atoms with Crippen molar-refractivity contribution in [1.82, 2.24) is 10.0 Å². The SMILES string of the molecule is Cc1sc(CNC2CC2)cc1S(=O)(=O)NCc1ccsc1. The first kappa shape index (κ1) is 15.2. The topological polar surface area (TPSA) is 58.2 Å². The van der Waals surface area contributed by atoms with E-state index in [4.69, 9.17) is 0 Å². The molecule has 1 aliphatic rings. The van der Waals surface area contributed by atoms with Gasteiger partial charge < -0.3 is 5.32 Å². The van der Waals surface area contributed by atoms with Gasteiger partial charge in [0, 0.05) is 28.9 Å². The van der Waals surface area contributed by atoms with Gasteiger partial charge in [-0.3, -0.25) is 0 Å². The van der Waals surface area contributed by atoms with Gasteiger partial charge in [0.2, 0.25) is 10.0 Å². The van der Waals surface area contributed by atoms with E-state index in [1.807, 2.05) is 23.8 Å². The van der Waals surface area contributed by atoms with Crippen molar-refractivity contribution in [2.45, 2.75) is 43.8 Å². The van der Waals surface area contributed by atoms with Crippen LogP contribution in [0.15, 0.2) is 27.8 Å². The number of hydrogen-bond donors (Lipinski definition) is 2. The third-order valence-electron chi connectivity index (χ3n) is 3.40. The lowest BCUT2D eigenvalue weighted by molar-refractivity contribution is 0.581. The molecular weight excluding hydrogens is 324 g/mol. The lowest BCUT2D eigenvalue weighted by Crippen LogP contribution is -2.23. The van der Waals surface area contributed by atoms with Crippen molar-refractivity contribution < 1.29 is 8.42 Å². The van der Waals surface area contributed by atoms with Crippen molar-refractivity contribution in [3.05, 3.63) is 38.2 Å². The van der Waals surface area contributed by atoms with Gasteiger partial charge in [-0.2, -0.15) is 11.3 Å². The smallest absolute Gasteiger partial charge is 0.241 e. The van der Waals surface area contributed by atoms with Crippen LogP contribution in [0.1, 0.15) is 28.2 Å². The first-order valence-corrected chi connectivity index (χ1v) is 10.1. The molecule has 2 aromatic rings. The van der Waals surface area contributed by atoms with Crippen LogP contribution in [0.2, 0.25) is 0 Å². The van der Waals surface area contributed by atoms with Crippen LogP contribution in [0.3, 0.4) is 0 Å². The highest BCUT2D eigenvalue weighted by molar-refractivity contribution is 7.89. The molecule has 1 aliphatic carbocycles. The van der Waals surface area contributed by atoms with Crippen LogP contribution in [-0.4, -0.2) is 14.5 Å². The molecule has 0 bridgehead atoms. The summed E-state index contributed by atoms with van der Waals surface area (Å²) in [5.41, 5.74) is 0.993. The normalized spacial score (nSPS) is 15.5. The van der Waals surface area contributed by atoms with Gasteiger partial charge >= 0.3 is 0 Å². The second-order valence-electron chi connectivity index (χ2n) is 5.24. The highest BCUT2D eigenvalue weighted by Crippen LogP contribution is 2.27. The zero-order valence-corrected chi connectivity index (χ0v) is 14.2. The Labute approximate surface area is 133 Å². The summed E-state index contributed by atoms with van der Waals surface area (Å²) in [4.78, 5) is 2.34. The Morgan fingerprint density at radius 1 is 1.33 bits per heavy atom. The van der Waals surface area contributed by atoms with Gasteiger partial charge in [0.1, 0.15) is 0 Å². The van der Waals surface area contributed by atoms with Crippen LogP contribution >= 0.6 is 22.7 Å². The minimum atomic E-state index is -3.43. The highest BCUT2D eigenvalue weighted by atomic mass is 32.2. The van der Waals surface area contributed by atoms with Crippen LogP contribution in [0.5, 0.6) is 0 Å². The standard InChI is InChI=1S/C14H18N2O2S3/c1-10-14(6-13(20-10)8-15-12-2-3-12)21(17,18)16-7-11-4-5-19-9-11/h4-6,9,12,15-16H,2-3,7-8H2,1H3. The second-order valence-corrected chi connectivity index (χ2v) is 9.10. The number of thiophene rings is 2. The van der Waals surface area contributed by atoms with E-state index in [0.29, 0.717) is 17.5 Å². The third kappa shape index (κ3) is 3.92. The minimum Gasteiger partial charge on any atom is -0.309 e. The lowest BCUT2D eigenvalue weighted by atomic mass is 10.4. The molecule has 0 spiro atoms. The van der Waals surface area contributed by atoms with Gasteiger partial charge in [0.25, 0.3) is 0 Å². The first-order valence-electron chi connectivity index (χ1n) is 6.88. The fourth-order valence-electron chi connectivity index (χ4n) is 2.06. The molecule has 21 heavy (non-hydrogen) atoms.